The van der Waals surface area contributed by atoms with Crippen molar-refractivity contribution >= 4 is 13.0 Å². The van der Waals surface area contributed by atoms with Crippen molar-refractivity contribution in [1.29, 1.82) is 0 Å². The Morgan fingerprint density at radius 3 is 2.08 bits per heavy atom. The average Bonchev–Trinajstić information content (AvgIpc) is 1.78. The second-order valence-electron chi connectivity index (χ2n) is 3.80. The molecule has 0 aromatic carbocycles. The fourth-order valence-corrected chi connectivity index (χ4v) is 0.593. The summed E-state index contributed by atoms with van der Waals surface area (Å²) in [6.07, 6.45) is -1.25. The number of amides is 2. The Morgan fingerprint density at radius 2 is 1.77 bits per heavy atom. The predicted molar refractivity (Wildman–Crippen MR) is 45.4 cm³/mol. The van der Waals surface area contributed by atoms with Crippen LogP contribution >= 0.6 is 0 Å². The summed E-state index contributed by atoms with van der Waals surface area (Å²) in [5.74, 6) is 0. The molecule has 2 N–H and O–H groups in total. The normalized spacial score (nSPS) is 12.5. The van der Waals surface area contributed by atoms with Crippen LogP contribution in [0.2, 0.25) is 0 Å². The van der Waals surface area contributed by atoms with Gasteiger partial charge in [-0.3, -0.25) is 0 Å². The summed E-state index contributed by atoms with van der Waals surface area (Å²) in [7, 11) is 0. The molecule has 7 heteroatoms. The molecule has 13 heavy (non-hydrogen) atoms. The maximum Gasteiger partial charge on any atom is 0.497 e. The number of nitrogens with one attached hydrogen (secondary N) is 2. The molecule has 0 saturated heterocycles. The molecule has 0 saturated carbocycles. The topological polar surface area (TPSA) is 41.1 Å². The number of carbonyl (C=O) groups is 1. The van der Waals surface area contributed by atoms with Gasteiger partial charge in [-0.05, 0) is 27.2 Å². The minimum atomic E-state index is -4.95. The first-order chi connectivity index (χ1) is 5.60. The largest absolute Gasteiger partial charge is 0.497 e. The van der Waals surface area contributed by atoms with E-state index < -0.39 is 25.0 Å². The molecule has 0 aromatic rings. The monoisotopic (exact) mass is 197 g/mol. The van der Waals surface area contributed by atoms with Gasteiger partial charge in [0.25, 0.3) is 0 Å². The standard InChI is InChI=1S/C6H13BF3N2O/c1-6(2,3)12-5(13)11-4-7(8,9)10/h4H2,1-3H3,(H2,11,12,13)/q-1. The fourth-order valence-electron chi connectivity index (χ4n) is 0.593. The van der Waals surface area contributed by atoms with Crippen molar-refractivity contribution < 1.29 is 17.7 Å². The van der Waals surface area contributed by atoms with Crippen molar-refractivity contribution in [3.05, 3.63) is 0 Å². The van der Waals surface area contributed by atoms with Crippen LogP contribution in [0.15, 0.2) is 0 Å². The molecule has 0 bridgehead atoms. The molecule has 0 aromatic heterocycles. The number of rotatable bonds is 2. The highest BCUT2D eigenvalue weighted by atomic mass is 19.4. The Labute approximate surface area is 75.1 Å². The van der Waals surface area contributed by atoms with Gasteiger partial charge in [0.05, 0.1) is 0 Å². The zero-order valence-electron chi connectivity index (χ0n) is 7.83. The van der Waals surface area contributed by atoms with Crippen LogP contribution in [-0.4, -0.2) is 25.0 Å². The van der Waals surface area contributed by atoms with Crippen molar-refractivity contribution in [3.63, 3.8) is 0 Å². The first-order valence-electron chi connectivity index (χ1n) is 3.87. The van der Waals surface area contributed by atoms with Crippen LogP contribution in [0.1, 0.15) is 20.8 Å². The smallest absolute Gasteiger partial charge is 0.448 e. The molecule has 0 atom stereocenters. The van der Waals surface area contributed by atoms with Gasteiger partial charge in [0, 0.05) is 5.54 Å². The Morgan fingerprint density at radius 1 is 1.31 bits per heavy atom. The first-order valence-corrected chi connectivity index (χ1v) is 3.87. The van der Waals surface area contributed by atoms with E-state index in [1.54, 1.807) is 26.1 Å². The molecule has 0 aliphatic heterocycles. The summed E-state index contributed by atoms with van der Waals surface area (Å²) in [6, 6.07) is -0.799. The van der Waals surface area contributed by atoms with E-state index in [1.165, 1.54) is 0 Å². The molecule has 0 fully saturated rings. The summed E-state index contributed by atoms with van der Waals surface area (Å²) in [6.45, 7) is 0.106. The third kappa shape index (κ3) is 9.04. The van der Waals surface area contributed by atoms with Crippen LogP contribution in [0.4, 0.5) is 17.7 Å². The second-order valence-corrected chi connectivity index (χ2v) is 3.80. The van der Waals surface area contributed by atoms with Gasteiger partial charge in [-0.2, -0.15) is 0 Å². The Kier molecular flexibility index (Phi) is 3.63. The minimum Gasteiger partial charge on any atom is -0.448 e. The van der Waals surface area contributed by atoms with Crippen LogP contribution in [0, 0.1) is 0 Å². The highest BCUT2D eigenvalue weighted by molar-refractivity contribution is 6.58. The summed E-state index contributed by atoms with van der Waals surface area (Å²) in [4.78, 5) is 10.8. The number of urea groups is 1. The van der Waals surface area contributed by atoms with E-state index in [0.717, 1.165) is 0 Å². The predicted octanol–water partition coefficient (Wildman–Crippen LogP) is 1.47. The van der Waals surface area contributed by atoms with Gasteiger partial charge in [-0.15, -0.1) is 0 Å². The zero-order valence-corrected chi connectivity index (χ0v) is 7.83. The Hall–Kier alpha value is -0.875. The lowest BCUT2D eigenvalue weighted by Gasteiger charge is -2.22. The maximum atomic E-state index is 11.7. The van der Waals surface area contributed by atoms with Gasteiger partial charge in [-0.1, -0.05) is 0 Å². The van der Waals surface area contributed by atoms with Gasteiger partial charge in [0.1, 0.15) is 0 Å². The molecular weight excluding hydrogens is 184 g/mol. The van der Waals surface area contributed by atoms with Gasteiger partial charge in [0.15, 0.2) is 0 Å². The molecule has 0 heterocycles. The van der Waals surface area contributed by atoms with Crippen molar-refractivity contribution in [1.82, 2.24) is 10.6 Å². The number of hydrogen-bond donors (Lipinski definition) is 2. The van der Waals surface area contributed by atoms with E-state index in [4.69, 9.17) is 0 Å². The van der Waals surface area contributed by atoms with Crippen molar-refractivity contribution in [2.75, 3.05) is 6.44 Å². The summed E-state index contributed by atoms with van der Waals surface area (Å²) in [5.41, 5.74) is -0.525. The molecule has 0 unspecified atom stereocenters. The van der Waals surface area contributed by atoms with Gasteiger partial charge in [-0.25, -0.2) is 4.79 Å². The average molecular weight is 197 g/mol. The van der Waals surface area contributed by atoms with Crippen molar-refractivity contribution in [3.8, 4) is 0 Å². The molecule has 0 aliphatic rings. The van der Waals surface area contributed by atoms with Gasteiger partial charge in [0.2, 0.25) is 0 Å². The molecule has 2 amide bonds. The lowest BCUT2D eigenvalue weighted by atomic mass is 9.93. The lowest BCUT2D eigenvalue weighted by molar-refractivity contribution is 0.232. The number of carbonyl (C=O) groups excluding carboxylic acids is 1. The maximum absolute atomic E-state index is 11.7. The van der Waals surface area contributed by atoms with E-state index in [2.05, 4.69) is 5.32 Å². The van der Waals surface area contributed by atoms with Crippen LogP contribution in [-0.2, 0) is 0 Å². The van der Waals surface area contributed by atoms with E-state index in [-0.39, 0.29) is 0 Å². The van der Waals surface area contributed by atoms with Crippen molar-refractivity contribution in [2.24, 2.45) is 0 Å². The Balaban J connectivity index is 3.78. The summed E-state index contributed by atoms with van der Waals surface area (Å²) < 4.78 is 35.0. The highest BCUT2D eigenvalue weighted by Gasteiger charge is 2.24. The van der Waals surface area contributed by atoms with Gasteiger partial charge >= 0.3 is 13.0 Å². The molecule has 0 radical (unpaired) electrons. The van der Waals surface area contributed by atoms with Crippen LogP contribution in [0.25, 0.3) is 0 Å². The number of halogens is 3. The van der Waals surface area contributed by atoms with Crippen LogP contribution < -0.4 is 10.6 Å². The molecule has 0 rings (SSSR count). The first kappa shape index (κ1) is 12.1. The zero-order chi connectivity index (χ0) is 10.7. The van der Waals surface area contributed by atoms with E-state index in [9.17, 15) is 17.7 Å². The van der Waals surface area contributed by atoms with Crippen molar-refractivity contribution in [2.45, 2.75) is 26.3 Å². The van der Waals surface area contributed by atoms with E-state index in [1.807, 2.05) is 0 Å². The van der Waals surface area contributed by atoms with Gasteiger partial charge < -0.3 is 23.6 Å². The summed E-state index contributed by atoms with van der Waals surface area (Å²) in [5, 5.41) is 4.08. The molecule has 78 valence electrons. The van der Waals surface area contributed by atoms with Crippen LogP contribution in [0.3, 0.4) is 0 Å². The van der Waals surface area contributed by atoms with E-state index >= 15 is 0 Å². The fraction of sp³-hybridized carbons (Fsp3) is 0.833. The third-order valence-electron chi connectivity index (χ3n) is 0.983. The number of hydrogen-bond acceptors (Lipinski definition) is 1. The summed E-state index contributed by atoms with van der Waals surface area (Å²) >= 11 is 0. The Bertz CT molecular complexity index is 187. The molecular formula is C6H13BF3N2O-. The SMILES string of the molecule is CC(C)(C)NC(=O)NC[B-](F)(F)F. The molecule has 0 aliphatic carbocycles. The lowest BCUT2D eigenvalue weighted by Crippen LogP contribution is -2.49. The highest BCUT2D eigenvalue weighted by Crippen LogP contribution is 2.05. The quantitative estimate of drug-likeness (QED) is 0.646. The molecule has 0 spiro atoms. The van der Waals surface area contributed by atoms with Crippen LogP contribution in [0.5, 0.6) is 0 Å². The van der Waals surface area contributed by atoms with E-state index in [0.29, 0.717) is 0 Å². The minimum absolute atomic E-state index is 0.525. The third-order valence-corrected chi connectivity index (χ3v) is 0.983. The molecule has 3 nitrogen and oxygen atoms in total. The second kappa shape index (κ2) is 3.89.